The van der Waals surface area contributed by atoms with Crippen molar-refractivity contribution < 1.29 is 32.6 Å². The van der Waals surface area contributed by atoms with Crippen LogP contribution in [-0.4, -0.2) is 61.3 Å². The second-order valence-corrected chi connectivity index (χ2v) is 7.24. The van der Waals surface area contributed by atoms with Crippen LogP contribution >= 0.6 is 15.9 Å². The third kappa shape index (κ3) is 8.47. The van der Waals surface area contributed by atoms with Gasteiger partial charge in [0.2, 0.25) is 5.91 Å². The average Bonchev–Trinajstić information content (AvgIpc) is 3.05. The van der Waals surface area contributed by atoms with Gasteiger partial charge in [-0.3, -0.25) is 4.79 Å². The number of aryl methyl sites for hydroxylation is 1. The van der Waals surface area contributed by atoms with Gasteiger partial charge in [-0.1, -0.05) is 6.07 Å². The van der Waals surface area contributed by atoms with Crippen LogP contribution in [0.2, 0.25) is 0 Å². The molecule has 2 N–H and O–H groups in total. The number of benzene rings is 1. The maximum atomic E-state index is 12.1. The van der Waals surface area contributed by atoms with Gasteiger partial charge in [0, 0.05) is 13.1 Å². The highest BCUT2D eigenvalue weighted by Crippen LogP contribution is 2.26. The molecule has 158 valence electrons. The van der Waals surface area contributed by atoms with Gasteiger partial charge >= 0.3 is 12.1 Å². The maximum absolute atomic E-state index is 12.1. The zero-order valence-electron chi connectivity index (χ0n) is 15.7. The van der Waals surface area contributed by atoms with Crippen molar-refractivity contribution in [3.8, 4) is 5.75 Å². The zero-order valence-corrected chi connectivity index (χ0v) is 17.3. The second kappa shape index (κ2) is 11.3. The van der Waals surface area contributed by atoms with Crippen LogP contribution < -0.4 is 10.1 Å². The fourth-order valence-electron chi connectivity index (χ4n) is 2.64. The van der Waals surface area contributed by atoms with E-state index in [1.807, 2.05) is 37.1 Å². The van der Waals surface area contributed by atoms with Crippen molar-refractivity contribution in [2.45, 2.75) is 25.9 Å². The first-order chi connectivity index (χ1) is 13.0. The number of carboxylic acid groups (broad SMARTS) is 1. The molecule has 28 heavy (non-hydrogen) atoms. The fraction of sp³-hybridized carbons (Fsp3) is 0.556. The Morgan fingerprint density at radius 2 is 2.04 bits per heavy atom. The van der Waals surface area contributed by atoms with Crippen molar-refractivity contribution in [3.63, 3.8) is 0 Å². The third-order valence-corrected chi connectivity index (χ3v) is 4.65. The van der Waals surface area contributed by atoms with E-state index in [1.165, 1.54) is 5.56 Å². The van der Waals surface area contributed by atoms with Crippen molar-refractivity contribution in [3.05, 3.63) is 28.2 Å². The molecule has 1 atom stereocenters. The van der Waals surface area contributed by atoms with Gasteiger partial charge in [0.1, 0.15) is 5.75 Å². The Kier molecular flexibility index (Phi) is 9.74. The van der Waals surface area contributed by atoms with Gasteiger partial charge in [-0.15, -0.1) is 0 Å². The lowest BCUT2D eigenvalue weighted by atomic mass is 10.1. The van der Waals surface area contributed by atoms with Gasteiger partial charge in [0.25, 0.3) is 0 Å². The number of hydrogen-bond acceptors (Lipinski definition) is 4. The van der Waals surface area contributed by atoms with Gasteiger partial charge < -0.3 is 20.1 Å². The van der Waals surface area contributed by atoms with Crippen molar-refractivity contribution in [2.75, 3.05) is 33.3 Å². The van der Waals surface area contributed by atoms with E-state index in [0.29, 0.717) is 18.9 Å². The maximum Gasteiger partial charge on any atom is 0.490 e. The van der Waals surface area contributed by atoms with Gasteiger partial charge in [-0.05, 0) is 66.5 Å². The van der Waals surface area contributed by atoms with Crippen molar-refractivity contribution in [2.24, 2.45) is 5.92 Å². The van der Waals surface area contributed by atoms with Crippen LogP contribution in [0.5, 0.6) is 5.75 Å². The Morgan fingerprint density at radius 3 is 2.57 bits per heavy atom. The van der Waals surface area contributed by atoms with Crippen LogP contribution in [0.4, 0.5) is 13.2 Å². The largest absolute Gasteiger partial charge is 0.492 e. The minimum Gasteiger partial charge on any atom is -0.492 e. The normalized spacial score (nSPS) is 16.4. The molecular formula is C18H24BrF3N2O4. The van der Waals surface area contributed by atoms with Gasteiger partial charge in [-0.25, -0.2) is 4.79 Å². The summed E-state index contributed by atoms with van der Waals surface area (Å²) in [7, 11) is 1.96. The van der Waals surface area contributed by atoms with Crippen LogP contribution in [0, 0.1) is 12.8 Å². The molecule has 2 rings (SSSR count). The molecule has 1 fully saturated rings. The number of carboxylic acids is 1. The molecule has 1 aromatic carbocycles. The molecule has 1 amide bonds. The van der Waals surface area contributed by atoms with Crippen LogP contribution in [0.1, 0.15) is 18.4 Å². The number of aliphatic carboxylic acids is 1. The molecule has 1 unspecified atom stereocenters. The highest BCUT2D eigenvalue weighted by molar-refractivity contribution is 9.10. The number of carbonyl (C=O) groups excluding carboxylic acids is 1. The van der Waals surface area contributed by atoms with E-state index in [-0.39, 0.29) is 5.91 Å². The number of nitrogens with zero attached hydrogens (tertiary/aromatic N) is 1. The fourth-order valence-corrected chi connectivity index (χ4v) is 3.25. The van der Waals surface area contributed by atoms with E-state index in [9.17, 15) is 18.0 Å². The molecule has 1 aliphatic heterocycles. The molecule has 0 radical (unpaired) electrons. The number of ether oxygens (including phenoxy) is 1. The summed E-state index contributed by atoms with van der Waals surface area (Å²) >= 11 is 3.48. The first-order valence-electron chi connectivity index (χ1n) is 8.66. The van der Waals surface area contributed by atoms with E-state index in [0.717, 1.165) is 36.3 Å². The highest BCUT2D eigenvalue weighted by atomic mass is 79.9. The summed E-state index contributed by atoms with van der Waals surface area (Å²) in [5.74, 6) is -1.18. The number of rotatable bonds is 6. The molecule has 6 nitrogen and oxygen atoms in total. The summed E-state index contributed by atoms with van der Waals surface area (Å²) in [6.45, 7) is 5.19. The smallest absolute Gasteiger partial charge is 0.490 e. The average molecular weight is 469 g/mol. The SMILES string of the molecule is CNCC1CCN(C(=O)CCOc2ccc(C)cc2Br)C1.O=C(O)C(F)(F)F. The molecule has 0 bridgehead atoms. The molecule has 0 saturated carbocycles. The Labute approximate surface area is 170 Å². The minimum absolute atomic E-state index is 0.192. The van der Waals surface area contributed by atoms with Crippen LogP contribution in [0.3, 0.4) is 0 Å². The predicted octanol–water partition coefficient (Wildman–Crippen LogP) is 3.23. The molecule has 1 aliphatic rings. The Bertz CT molecular complexity index is 671. The standard InChI is InChI=1S/C16H23BrN2O2.C2HF3O2/c1-12-3-4-15(14(17)9-12)21-8-6-16(20)19-7-5-13(11-19)10-18-2;3-2(4,5)1(6)7/h3-4,9,13,18H,5-8,10-11H2,1-2H3;(H,6,7). The highest BCUT2D eigenvalue weighted by Gasteiger charge is 2.38. The van der Waals surface area contributed by atoms with Crippen molar-refractivity contribution in [1.29, 1.82) is 0 Å². The summed E-state index contributed by atoms with van der Waals surface area (Å²) in [6.07, 6.45) is -3.55. The van der Waals surface area contributed by atoms with Crippen LogP contribution in [-0.2, 0) is 9.59 Å². The Morgan fingerprint density at radius 1 is 1.39 bits per heavy atom. The number of halogens is 4. The van der Waals surface area contributed by atoms with Crippen molar-refractivity contribution >= 4 is 27.8 Å². The third-order valence-electron chi connectivity index (χ3n) is 4.03. The first-order valence-corrected chi connectivity index (χ1v) is 9.45. The van der Waals surface area contributed by atoms with E-state index in [2.05, 4.69) is 21.2 Å². The molecule has 1 aromatic rings. The number of alkyl halides is 3. The molecule has 0 aliphatic carbocycles. The van der Waals surface area contributed by atoms with Crippen molar-refractivity contribution in [1.82, 2.24) is 10.2 Å². The Hall–Kier alpha value is -1.81. The molecule has 1 heterocycles. The molecule has 0 aromatic heterocycles. The lowest BCUT2D eigenvalue weighted by Crippen LogP contribution is -2.31. The molecule has 10 heteroatoms. The van der Waals surface area contributed by atoms with E-state index >= 15 is 0 Å². The quantitative estimate of drug-likeness (QED) is 0.669. The summed E-state index contributed by atoms with van der Waals surface area (Å²) in [6, 6.07) is 5.95. The predicted molar refractivity (Wildman–Crippen MR) is 101 cm³/mol. The molecular weight excluding hydrogens is 445 g/mol. The van der Waals surface area contributed by atoms with Crippen LogP contribution in [0.15, 0.2) is 22.7 Å². The summed E-state index contributed by atoms with van der Waals surface area (Å²) in [4.78, 5) is 23.0. The topological polar surface area (TPSA) is 78.9 Å². The van der Waals surface area contributed by atoms with Gasteiger partial charge in [0.15, 0.2) is 0 Å². The monoisotopic (exact) mass is 468 g/mol. The number of amides is 1. The summed E-state index contributed by atoms with van der Waals surface area (Å²) in [5.41, 5.74) is 1.18. The minimum atomic E-state index is -5.08. The second-order valence-electron chi connectivity index (χ2n) is 6.39. The number of likely N-dealkylation sites (tertiary alicyclic amines) is 1. The zero-order chi connectivity index (χ0) is 21.3. The number of hydrogen-bond donors (Lipinski definition) is 2. The number of carbonyl (C=O) groups is 2. The van der Waals surface area contributed by atoms with E-state index in [4.69, 9.17) is 14.6 Å². The number of nitrogens with one attached hydrogen (secondary N) is 1. The lowest BCUT2D eigenvalue weighted by Gasteiger charge is -2.17. The van der Waals surface area contributed by atoms with Crippen LogP contribution in [0.25, 0.3) is 0 Å². The summed E-state index contributed by atoms with van der Waals surface area (Å²) in [5, 5.41) is 10.3. The Balaban J connectivity index is 0.000000480. The lowest BCUT2D eigenvalue weighted by molar-refractivity contribution is -0.192. The van der Waals surface area contributed by atoms with E-state index < -0.39 is 12.1 Å². The van der Waals surface area contributed by atoms with Gasteiger partial charge in [0.05, 0.1) is 17.5 Å². The first kappa shape index (κ1) is 24.2. The molecule has 0 spiro atoms. The molecule has 1 saturated heterocycles. The van der Waals surface area contributed by atoms with E-state index in [1.54, 1.807) is 0 Å². The summed E-state index contributed by atoms with van der Waals surface area (Å²) < 4.78 is 38.4. The van der Waals surface area contributed by atoms with Gasteiger partial charge in [-0.2, -0.15) is 13.2 Å².